The first-order chi connectivity index (χ1) is 14.3. The Bertz CT molecular complexity index is 1030. The van der Waals surface area contributed by atoms with Crippen molar-refractivity contribution < 1.29 is 4.79 Å². The monoisotopic (exact) mass is 420 g/mol. The number of aromatic amines is 1. The van der Waals surface area contributed by atoms with Crippen LogP contribution in [0.1, 0.15) is 16.3 Å². The van der Waals surface area contributed by atoms with Gasteiger partial charge in [0.15, 0.2) is 0 Å². The molecule has 0 aliphatic rings. The van der Waals surface area contributed by atoms with Crippen LogP contribution in [-0.2, 0) is 17.8 Å². The third-order valence-electron chi connectivity index (χ3n) is 4.31. The van der Waals surface area contributed by atoms with E-state index in [1.165, 1.54) is 16.6 Å². The lowest BCUT2D eigenvalue weighted by Crippen LogP contribution is -2.31. The van der Waals surface area contributed by atoms with Gasteiger partial charge in [0.2, 0.25) is 11.1 Å². The molecule has 0 aliphatic heterocycles. The quantitative estimate of drug-likeness (QED) is 0.417. The highest BCUT2D eigenvalue weighted by Gasteiger charge is 2.17. The molecule has 4 rings (SSSR count). The molecule has 1 amide bonds. The molecular weight excluding hydrogens is 400 g/mol. The summed E-state index contributed by atoms with van der Waals surface area (Å²) in [6, 6.07) is 23.9. The molecule has 0 spiro atoms. The number of nitrogens with one attached hydrogen (secondary N) is 1. The fourth-order valence-electron chi connectivity index (χ4n) is 2.90. The minimum atomic E-state index is 0.0228. The van der Waals surface area contributed by atoms with E-state index in [9.17, 15) is 4.79 Å². The third kappa shape index (κ3) is 5.34. The predicted molar refractivity (Wildman–Crippen MR) is 118 cm³/mol. The van der Waals surface area contributed by atoms with Crippen LogP contribution in [-0.4, -0.2) is 26.8 Å². The van der Waals surface area contributed by atoms with Crippen molar-refractivity contribution in [2.75, 3.05) is 10.7 Å². The van der Waals surface area contributed by atoms with E-state index < -0.39 is 0 Å². The summed E-state index contributed by atoms with van der Waals surface area (Å²) in [5, 5.41) is 9.86. The Morgan fingerprint density at radius 1 is 1.00 bits per heavy atom. The molecule has 2 aromatic carbocycles. The lowest BCUT2D eigenvalue weighted by atomic mass is 10.2. The summed E-state index contributed by atoms with van der Waals surface area (Å²) in [5.74, 6) is 1.11. The number of aromatic nitrogens is 3. The fraction of sp³-hybridized carbons (Fsp3) is 0.136. The molecule has 7 heteroatoms. The molecule has 146 valence electrons. The summed E-state index contributed by atoms with van der Waals surface area (Å²) in [6.07, 6.45) is 0.726. The molecule has 1 N–H and O–H groups in total. The average molecular weight is 421 g/mol. The van der Waals surface area contributed by atoms with Crippen LogP contribution in [0.5, 0.6) is 0 Å². The Labute approximate surface area is 177 Å². The maximum atomic E-state index is 13.0. The van der Waals surface area contributed by atoms with E-state index in [0.717, 1.165) is 23.5 Å². The van der Waals surface area contributed by atoms with Gasteiger partial charge in [-0.2, -0.15) is 0 Å². The normalized spacial score (nSPS) is 10.8. The van der Waals surface area contributed by atoms with Crippen LogP contribution < -0.4 is 4.90 Å². The lowest BCUT2D eigenvalue weighted by molar-refractivity contribution is -0.116. The van der Waals surface area contributed by atoms with E-state index >= 15 is 0 Å². The molecule has 0 atom stereocenters. The first kappa shape index (κ1) is 19.4. The largest absolute Gasteiger partial charge is 0.307 e. The van der Waals surface area contributed by atoms with Crippen molar-refractivity contribution in [3.05, 3.63) is 94.4 Å². The number of carbonyl (C=O) groups excluding carboxylic acids is 1. The van der Waals surface area contributed by atoms with Gasteiger partial charge in [0.25, 0.3) is 0 Å². The third-order valence-corrected chi connectivity index (χ3v) is 6.02. The number of benzene rings is 2. The van der Waals surface area contributed by atoms with Crippen LogP contribution in [0, 0.1) is 0 Å². The molecule has 4 aromatic rings. The summed E-state index contributed by atoms with van der Waals surface area (Å²) in [4.78, 5) is 20.6. The number of anilines is 1. The van der Waals surface area contributed by atoms with Gasteiger partial charge in [-0.15, -0.1) is 16.4 Å². The molecule has 0 bridgehead atoms. The number of hydrogen-bond acceptors (Lipinski definition) is 5. The number of amides is 1. The molecule has 0 aliphatic carbocycles. The second-order valence-electron chi connectivity index (χ2n) is 6.41. The van der Waals surface area contributed by atoms with Crippen LogP contribution in [0.3, 0.4) is 0 Å². The molecule has 2 heterocycles. The fourth-order valence-corrected chi connectivity index (χ4v) is 4.30. The van der Waals surface area contributed by atoms with Crippen molar-refractivity contribution in [3.63, 3.8) is 0 Å². The van der Waals surface area contributed by atoms with Gasteiger partial charge < -0.3 is 4.90 Å². The van der Waals surface area contributed by atoms with Crippen LogP contribution in [0.15, 0.2) is 83.3 Å². The van der Waals surface area contributed by atoms with E-state index in [2.05, 4.69) is 21.2 Å². The Kier molecular flexibility index (Phi) is 6.38. The van der Waals surface area contributed by atoms with Crippen LogP contribution in [0.2, 0.25) is 0 Å². The maximum Gasteiger partial charge on any atom is 0.237 e. The van der Waals surface area contributed by atoms with E-state index in [0.29, 0.717) is 11.7 Å². The van der Waals surface area contributed by atoms with Gasteiger partial charge >= 0.3 is 0 Å². The van der Waals surface area contributed by atoms with Crippen molar-refractivity contribution in [1.29, 1.82) is 0 Å². The highest BCUT2D eigenvalue weighted by atomic mass is 32.2. The topological polar surface area (TPSA) is 61.9 Å². The molecule has 0 radical (unpaired) electrons. The van der Waals surface area contributed by atoms with Gasteiger partial charge in [-0.3, -0.25) is 9.89 Å². The van der Waals surface area contributed by atoms with E-state index in [1.807, 2.05) is 77.0 Å². The molecule has 0 unspecified atom stereocenters. The van der Waals surface area contributed by atoms with Gasteiger partial charge in [-0.25, -0.2) is 4.98 Å². The molecule has 0 saturated heterocycles. The first-order valence-corrected chi connectivity index (χ1v) is 11.1. The number of carbonyl (C=O) groups is 1. The smallest absolute Gasteiger partial charge is 0.237 e. The molecule has 0 saturated carbocycles. The molecule has 2 aromatic heterocycles. The molecular formula is C22H20N4OS2. The zero-order chi connectivity index (χ0) is 19.9. The Morgan fingerprint density at radius 2 is 1.76 bits per heavy atom. The van der Waals surface area contributed by atoms with Gasteiger partial charge in [0, 0.05) is 17.0 Å². The predicted octanol–water partition coefficient (Wildman–Crippen LogP) is 4.78. The summed E-state index contributed by atoms with van der Waals surface area (Å²) in [7, 11) is 0. The molecule has 29 heavy (non-hydrogen) atoms. The summed E-state index contributed by atoms with van der Waals surface area (Å²) in [6.45, 7) is 0.530. The summed E-state index contributed by atoms with van der Waals surface area (Å²) < 4.78 is 0. The minimum Gasteiger partial charge on any atom is -0.307 e. The van der Waals surface area contributed by atoms with Crippen molar-refractivity contribution in [2.45, 2.75) is 18.1 Å². The number of para-hydroxylation sites is 1. The first-order valence-electron chi connectivity index (χ1n) is 9.24. The van der Waals surface area contributed by atoms with Crippen LogP contribution in [0.4, 0.5) is 5.69 Å². The highest BCUT2D eigenvalue weighted by Crippen LogP contribution is 2.21. The van der Waals surface area contributed by atoms with E-state index in [-0.39, 0.29) is 11.7 Å². The zero-order valence-electron chi connectivity index (χ0n) is 15.7. The number of hydrogen-bond donors (Lipinski definition) is 1. The molecule has 5 nitrogen and oxygen atoms in total. The van der Waals surface area contributed by atoms with Gasteiger partial charge in [0.05, 0.1) is 12.3 Å². The Morgan fingerprint density at radius 3 is 2.48 bits per heavy atom. The number of nitrogens with zero attached hydrogens (tertiary/aromatic N) is 3. The van der Waals surface area contributed by atoms with Crippen molar-refractivity contribution >= 4 is 34.7 Å². The zero-order valence-corrected chi connectivity index (χ0v) is 17.3. The number of thioether (sulfide) groups is 1. The highest BCUT2D eigenvalue weighted by molar-refractivity contribution is 7.99. The second kappa shape index (κ2) is 9.54. The van der Waals surface area contributed by atoms with Crippen molar-refractivity contribution in [2.24, 2.45) is 0 Å². The van der Waals surface area contributed by atoms with E-state index in [4.69, 9.17) is 0 Å². The van der Waals surface area contributed by atoms with Crippen LogP contribution >= 0.6 is 23.1 Å². The summed E-state index contributed by atoms with van der Waals surface area (Å²) >= 11 is 3.05. The maximum absolute atomic E-state index is 13.0. The van der Waals surface area contributed by atoms with Gasteiger partial charge in [0.1, 0.15) is 5.82 Å². The minimum absolute atomic E-state index is 0.0228. The summed E-state index contributed by atoms with van der Waals surface area (Å²) in [5.41, 5.74) is 1.97. The van der Waals surface area contributed by atoms with Crippen molar-refractivity contribution in [3.8, 4) is 0 Å². The lowest BCUT2D eigenvalue weighted by Gasteiger charge is -2.22. The van der Waals surface area contributed by atoms with E-state index in [1.54, 1.807) is 11.3 Å². The average Bonchev–Trinajstić information content (AvgIpc) is 3.44. The van der Waals surface area contributed by atoms with Crippen LogP contribution in [0.25, 0.3) is 0 Å². The number of rotatable bonds is 8. The Balaban J connectivity index is 1.42. The second-order valence-corrected chi connectivity index (χ2v) is 8.39. The number of thiophene rings is 1. The van der Waals surface area contributed by atoms with Gasteiger partial charge in [-0.05, 0) is 29.1 Å². The SMILES string of the molecule is O=C(CSc1n[nH]c(Cc2cccs2)n1)N(Cc1ccccc1)c1ccccc1. The standard InChI is InChI=1S/C22H20N4OS2/c27-21(16-29-22-23-20(24-25-22)14-19-12-7-13-28-19)26(18-10-5-2-6-11-18)15-17-8-3-1-4-9-17/h1-13H,14-16H2,(H,23,24,25). The van der Waals surface area contributed by atoms with Gasteiger partial charge in [-0.1, -0.05) is 66.4 Å². The van der Waals surface area contributed by atoms with Crippen molar-refractivity contribution in [1.82, 2.24) is 15.2 Å². The Hall–Kier alpha value is -2.90. The number of H-pyrrole nitrogens is 1. The molecule has 0 fully saturated rings.